The second-order valence-electron chi connectivity index (χ2n) is 7.11. The molecule has 1 aliphatic heterocycles. The van der Waals surface area contributed by atoms with Crippen molar-refractivity contribution in [3.05, 3.63) is 48.5 Å². The van der Waals surface area contributed by atoms with Gasteiger partial charge in [0.25, 0.3) is 0 Å². The number of tetrazole rings is 1. The van der Waals surface area contributed by atoms with Crippen LogP contribution < -0.4 is 15.5 Å². The maximum atomic E-state index is 12.6. The Morgan fingerprint density at radius 2 is 1.97 bits per heavy atom. The van der Waals surface area contributed by atoms with Crippen molar-refractivity contribution in [2.75, 3.05) is 27.8 Å². The molecule has 32 heavy (non-hydrogen) atoms. The average molecular weight is 452 g/mol. The number of benzene rings is 2. The zero-order chi connectivity index (χ0) is 22.5. The van der Waals surface area contributed by atoms with Gasteiger partial charge in [0.2, 0.25) is 22.9 Å². The normalized spacial score (nSPS) is 13.3. The Kier molecular flexibility index (Phi) is 6.45. The summed E-state index contributed by atoms with van der Waals surface area (Å²) in [5.74, 6) is -0.285. The van der Waals surface area contributed by atoms with Crippen molar-refractivity contribution in [2.45, 2.75) is 24.9 Å². The number of carbonyl (C=O) groups excluding carboxylic acids is 3. The van der Waals surface area contributed by atoms with Gasteiger partial charge in [-0.3, -0.25) is 14.4 Å². The van der Waals surface area contributed by atoms with Gasteiger partial charge in [-0.05, 0) is 47.2 Å². The molecule has 1 saturated heterocycles. The van der Waals surface area contributed by atoms with E-state index in [1.54, 1.807) is 35.2 Å². The molecule has 10 nitrogen and oxygen atoms in total. The van der Waals surface area contributed by atoms with Gasteiger partial charge in [-0.15, -0.1) is 5.10 Å². The summed E-state index contributed by atoms with van der Waals surface area (Å²) in [7, 11) is 0. The maximum absolute atomic E-state index is 12.6. The molecule has 1 fully saturated rings. The minimum Gasteiger partial charge on any atom is -0.326 e. The third-order valence-corrected chi connectivity index (χ3v) is 5.65. The van der Waals surface area contributed by atoms with Crippen molar-refractivity contribution in [3.8, 4) is 5.69 Å². The molecule has 2 heterocycles. The van der Waals surface area contributed by atoms with Gasteiger partial charge in [0.15, 0.2) is 0 Å². The summed E-state index contributed by atoms with van der Waals surface area (Å²) in [6.45, 7) is 2.08. The minimum atomic E-state index is -0.240. The van der Waals surface area contributed by atoms with Crippen molar-refractivity contribution >= 4 is 46.5 Å². The lowest BCUT2D eigenvalue weighted by Crippen LogP contribution is -2.26. The zero-order valence-electron chi connectivity index (χ0n) is 17.3. The first-order valence-electron chi connectivity index (χ1n) is 10.00. The number of nitrogens with one attached hydrogen (secondary N) is 2. The molecule has 2 aromatic carbocycles. The van der Waals surface area contributed by atoms with Gasteiger partial charge in [0.05, 0.1) is 22.8 Å². The molecular formula is C21H21N7O3S. The molecule has 164 valence electrons. The summed E-state index contributed by atoms with van der Waals surface area (Å²) >= 11 is 1.18. The highest BCUT2D eigenvalue weighted by Crippen LogP contribution is 2.29. The quantitative estimate of drug-likeness (QED) is 0.529. The Morgan fingerprint density at radius 1 is 1.12 bits per heavy atom. The van der Waals surface area contributed by atoms with E-state index in [1.165, 1.54) is 23.4 Å². The number of hydrogen-bond acceptors (Lipinski definition) is 7. The third kappa shape index (κ3) is 4.94. The Bertz CT molecular complexity index is 1160. The summed E-state index contributed by atoms with van der Waals surface area (Å²) in [5, 5.41) is 17.7. The van der Waals surface area contributed by atoms with E-state index < -0.39 is 0 Å². The van der Waals surface area contributed by atoms with Gasteiger partial charge in [-0.25, -0.2) is 0 Å². The van der Waals surface area contributed by atoms with Crippen LogP contribution in [0.2, 0.25) is 0 Å². The Morgan fingerprint density at radius 3 is 2.75 bits per heavy atom. The van der Waals surface area contributed by atoms with Crippen LogP contribution in [0.5, 0.6) is 0 Å². The molecule has 11 heteroatoms. The van der Waals surface area contributed by atoms with Crippen LogP contribution in [-0.4, -0.2) is 50.2 Å². The predicted octanol–water partition coefficient (Wildman–Crippen LogP) is 2.48. The van der Waals surface area contributed by atoms with Crippen LogP contribution in [0.25, 0.3) is 5.69 Å². The number of anilines is 3. The van der Waals surface area contributed by atoms with E-state index in [2.05, 4.69) is 26.2 Å². The first-order valence-corrected chi connectivity index (χ1v) is 11.0. The lowest BCUT2D eigenvalue weighted by Gasteiger charge is -2.19. The van der Waals surface area contributed by atoms with Crippen LogP contribution in [0.1, 0.15) is 19.8 Å². The number of para-hydroxylation sites is 2. The summed E-state index contributed by atoms with van der Waals surface area (Å²) in [6.07, 6.45) is 1.33. The molecule has 4 rings (SSSR count). The molecule has 3 amide bonds. The highest BCUT2D eigenvalue weighted by atomic mass is 32.2. The molecule has 0 bridgehead atoms. The van der Waals surface area contributed by atoms with Gasteiger partial charge in [-0.2, -0.15) is 4.68 Å². The molecule has 0 aliphatic carbocycles. The minimum absolute atomic E-state index is 0.0572. The Labute approximate surface area is 188 Å². The number of aromatic nitrogens is 4. The van der Waals surface area contributed by atoms with Crippen LogP contribution in [0, 0.1) is 0 Å². The van der Waals surface area contributed by atoms with Crippen LogP contribution >= 0.6 is 11.8 Å². The van der Waals surface area contributed by atoms with Crippen molar-refractivity contribution in [1.29, 1.82) is 0 Å². The van der Waals surface area contributed by atoms with E-state index in [0.717, 1.165) is 6.42 Å². The number of rotatable bonds is 7. The van der Waals surface area contributed by atoms with Crippen LogP contribution in [0.4, 0.5) is 17.1 Å². The van der Waals surface area contributed by atoms with Gasteiger partial charge in [0.1, 0.15) is 0 Å². The van der Waals surface area contributed by atoms with Crippen LogP contribution in [-0.2, 0) is 14.4 Å². The fraction of sp³-hybridized carbons (Fsp3) is 0.238. The predicted molar refractivity (Wildman–Crippen MR) is 121 cm³/mol. The molecule has 0 unspecified atom stereocenters. The van der Waals surface area contributed by atoms with Crippen LogP contribution in [0.3, 0.4) is 0 Å². The van der Waals surface area contributed by atoms with Crippen molar-refractivity contribution in [3.63, 3.8) is 0 Å². The smallest absolute Gasteiger partial charge is 0.234 e. The van der Waals surface area contributed by atoms with E-state index in [-0.39, 0.29) is 23.5 Å². The maximum Gasteiger partial charge on any atom is 0.234 e. The molecule has 0 atom stereocenters. The number of thioether (sulfide) groups is 1. The largest absolute Gasteiger partial charge is 0.326 e. The Balaban J connectivity index is 1.43. The van der Waals surface area contributed by atoms with Crippen molar-refractivity contribution in [2.24, 2.45) is 0 Å². The van der Waals surface area contributed by atoms with E-state index in [9.17, 15) is 14.4 Å². The average Bonchev–Trinajstić information content (AvgIpc) is 3.41. The fourth-order valence-corrected chi connectivity index (χ4v) is 4.07. The monoisotopic (exact) mass is 451 g/mol. The molecule has 1 aromatic heterocycles. The van der Waals surface area contributed by atoms with E-state index in [1.807, 2.05) is 18.2 Å². The highest BCUT2D eigenvalue weighted by Gasteiger charge is 2.24. The second kappa shape index (κ2) is 9.60. The van der Waals surface area contributed by atoms with Gasteiger partial charge >= 0.3 is 0 Å². The zero-order valence-corrected chi connectivity index (χ0v) is 18.1. The van der Waals surface area contributed by atoms with E-state index >= 15 is 0 Å². The first kappa shape index (κ1) is 21.5. The molecule has 3 aromatic rings. The van der Waals surface area contributed by atoms with E-state index in [4.69, 9.17) is 0 Å². The lowest BCUT2D eigenvalue weighted by atomic mass is 10.2. The van der Waals surface area contributed by atoms with Gasteiger partial charge < -0.3 is 15.5 Å². The number of nitrogens with zero attached hydrogens (tertiary/aromatic N) is 5. The fourth-order valence-electron chi connectivity index (χ4n) is 3.38. The standard InChI is InChI=1S/C21H21N7O3S/c1-14(29)22-15-6-4-7-16(12-15)28-21(24-25-26-28)32-13-19(30)23-17-8-2-3-9-18(17)27-11-5-10-20(27)31/h2-4,6-9,12H,5,10-11,13H2,1H3,(H,22,29)(H,23,30). The topological polar surface area (TPSA) is 122 Å². The second-order valence-corrected chi connectivity index (χ2v) is 8.05. The molecule has 1 aliphatic rings. The van der Waals surface area contributed by atoms with Gasteiger partial charge in [-0.1, -0.05) is 30.0 Å². The van der Waals surface area contributed by atoms with Crippen molar-refractivity contribution in [1.82, 2.24) is 20.2 Å². The number of carbonyl (C=O) groups is 3. The summed E-state index contributed by atoms with van der Waals surface area (Å²) in [6, 6.07) is 14.3. The van der Waals surface area contributed by atoms with Crippen LogP contribution in [0.15, 0.2) is 53.7 Å². The van der Waals surface area contributed by atoms with Crippen molar-refractivity contribution < 1.29 is 14.4 Å². The molecule has 0 spiro atoms. The third-order valence-electron chi connectivity index (χ3n) is 4.73. The summed E-state index contributed by atoms with van der Waals surface area (Å²) < 4.78 is 1.50. The number of hydrogen-bond donors (Lipinski definition) is 2. The highest BCUT2D eigenvalue weighted by molar-refractivity contribution is 7.99. The number of amides is 3. The molecule has 0 saturated carbocycles. The van der Waals surface area contributed by atoms with Gasteiger partial charge in [0, 0.05) is 25.6 Å². The summed E-state index contributed by atoms with van der Waals surface area (Å²) in [5.41, 5.74) is 2.57. The molecule has 0 radical (unpaired) electrons. The first-order chi connectivity index (χ1) is 15.5. The molecular weight excluding hydrogens is 430 g/mol. The van der Waals surface area contributed by atoms with E-state index in [0.29, 0.717) is 40.9 Å². The Hall–Kier alpha value is -3.73. The molecule has 2 N–H and O–H groups in total. The SMILES string of the molecule is CC(=O)Nc1cccc(-n2nnnc2SCC(=O)Nc2ccccc2N2CCCC2=O)c1. The summed E-state index contributed by atoms with van der Waals surface area (Å²) in [4.78, 5) is 37.7. The lowest BCUT2D eigenvalue weighted by molar-refractivity contribution is -0.117.